The average molecular weight is 467 g/mol. The van der Waals surface area contributed by atoms with Crippen LogP contribution in [0, 0.1) is 0 Å². The van der Waals surface area contributed by atoms with Crippen molar-refractivity contribution in [1.82, 2.24) is 30.0 Å². The van der Waals surface area contributed by atoms with Crippen LogP contribution in [-0.4, -0.2) is 55.7 Å². The minimum atomic E-state index is -4.38. The molecule has 0 amide bonds. The van der Waals surface area contributed by atoms with Gasteiger partial charge in [0, 0.05) is 44.0 Å². The van der Waals surface area contributed by atoms with Gasteiger partial charge >= 0.3 is 6.18 Å². The van der Waals surface area contributed by atoms with Crippen LogP contribution in [0.25, 0.3) is 22.8 Å². The first-order valence-electron chi connectivity index (χ1n) is 11.0. The highest BCUT2D eigenvalue weighted by molar-refractivity contribution is 5.63. The summed E-state index contributed by atoms with van der Waals surface area (Å²) in [5, 5.41) is 7.29. The third-order valence-electron chi connectivity index (χ3n) is 6.09. The summed E-state index contributed by atoms with van der Waals surface area (Å²) < 4.78 is 38.5. The molecule has 4 aromatic rings. The second-order valence-corrected chi connectivity index (χ2v) is 8.46. The van der Waals surface area contributed by atoms with E-state index in [0.29, 0.717) is 18.9 Å². The number of rotatable bonds is 5. The molecule has 1 saturated heterocycles. The van der Waals surface area contributed by atoms with Crippen LogP contribution in [0.2, 0.25) is 0 Å². The smallest absolute Gasteiger partial charge is 0.351 e. The average Bonchev–Trinajstić information content (AvgIpc) is 3.49. The number of H-pyrrole nitrogens is 2. The van der Waals surface area contributed by atoms with Crippen LogP contribution < -0.4 is 4.90 Å². The van der Waals surface area contributed by atoms with Gasteiger partial charge in [-0.25, -0.2) is 9.97 Å². The summed E-state index contributed by atoms with van der Waals surface area (Å²) in [4.78, 5) is 16.3. The van der Waals surface area contributed by atoms with Gasteiger partial charge < -0.3 is 9.88 Å². The largest absolute Gasteiger partial charge is 0.417 e. The number of aromatic nitrogens is 5. The molecule has 1 atom stereocenters. The fourth-order valence-electron chi connectivity index (χ4n) is 4.33. The molecule has 3 aromatic heterocycles. The van der Waals surface area contributed by atoms with Crippen LogP contribution in [0.5, 0.6) is 0 Å². The minimum absolute atomic E-state index is 0.0987. The molecule has 10 heteroatoms. The number of aromatic amines is 2. The number of nitrogens with zero attached hydrogens (tertiary/aromatic N) is 5. The number of imidazole rings is 1. The summed E-state index contributed by atoms with van der Waals surface area (Å²) in [7, 11) is 0. The van der Waals surface area contributed by atoms with Crippen molar-refractivity contribution >= 4 is 5.82 Å². The van der Waals surface area contributed by atoms with Crippen molar-refractivity contribution in [2.75, 3.05) is 24.5 Å². The number of anilines is 1. The summed E-state index contributed by atoms with van der Waals surface area (Å²) in [5.74, 6) is 1.29. The molecule has 0 aliphatic carbocycles. The number of piperazine rings is 1. The fourth-order valence-corrected chi connectivity index (χ4v) is 4.33. The van der Waals surface area contributed by atoms with Crippen molar-refractivity contribution in [2.24, 2.45) is 0 Å². The lowest BCUT2D eigenvalue weighted by molar-refractivity contribution is -0.137. The zero-order chi connectivity index (χ0) is 23.7. The fraction of sp³-hybridized carbons (Fsp3) is 0.292. The molecule has 0 spiro atoms. The van der Waals surface area contributed by atoms with Crippen LogP contribution in [0.4, 0.5) is 19.0 Å². The van der Waals surface area contributed by atoms with Crippen LogP contribution in [0.3, 0.4) is 0 Å². The molecule has 0 unspecified atom stereocenters. The Hall–Kier alpha value is -3.66. The monoisotopic (exact) mass is 467 g/mol. The molecular formula is C24H24F3N7. The molecule has 176 valence electrons. The third-order valence-corrected chi connectivity index (χ3v) is 6.09. The van der Waals surface area contributed by atoms with Gasteiger partial charge in [-0.1, -0.05) is 30.3 Å². The zero-order valence-electron chi connectivity index (χ0n) is 18.5. The lowest BCUT2D eigenvalue weighted by Gasteiger charge is -2.40. The highest BCUT2D eigenvalue weighted by atomic mass is 19.4. The van der Waals surface area contributed by atoms with Crippen molar-refractivity contribution in [1.29, 1.82) is 0 Å². The summed E-state index contributed by atoms with van der Waals surface area (Å²) in [6.45, 7) is 4.92. The first-order chi connectivity index (χ1) is 16.4. The van der Waals surface area contributed by atoms with E-state index < -0.39 is 11.7 Å². The SMILES string of the molecule is C[C@@H]1CN(Cc2cn[nH]c2-c2ncc(-c3ccccc3)[nH]2)CCN1c1ccc(C(F)(F)F)cn1. The molecule has 34 heavy (non-hydrogen) atoms. The lowest BCUT2D eigenvalue weighted by atomic mass is 10.1. The Balaban J connectivity index is 1.25. The first-order valence-corrected chi connectivity index (χ1v) is 11.0. The lowest BCUT2D eigenvalue weighted by Crippen LogP contribution is -2.51. The molecule has 1 fully saturated rings. The Kier molecular flexibility index (Phi) is 5.82. The highest BCUT2D eigenvalue weighted by Gasteiger charge is 2.32. The Labute approximate surface area is 194 Å². The summed E-state index contributed by atoms with van der Waals surface area (Å²) in [6, 6.07) is 12.6. The van der Waals surface area contributed by atoms with E-state index in [4.69, 9.17) is 0 Å². The molecule has 1 aliphatic rings. The number of nitrogens with one attached hydrogen (secondary N) is 2. The second kappa shape index (κ2) is 8.94. The van der Waals surface area contributed by atoms with E-state index in [-0.39, 0.29) is 6.04 Å². The molecule has 0 saturated carbocycles. The summed E-state index contributed by atoms with van der Waals surface area (Å²) in [5.41, 5.74) is 3.14. The van der Waals surface area contributed by atoms with Gasteiger partial charge in [0.1, 0.15) is 11.5 Å². The van der Waals surface area contributed by atoms with E-state index in [1.165, 1.54) is 6.07 Å². The van der Waals surface area contributed by atoms with Crippen LogP contribution in [0.15, 0.2) is 61.1 Å². The number of hydrogen-bond acceptors (Lipinski definition) is 5. The van der Waals surface area contributed by atoms with E-state index in [9.17, 15) is 13.2 Å². The maximum atomic E-state index is 12.8. The van der Waals surface area contributed by atoms with E-state index in [1.54, 1.807) is 0 Å². The van der Waals surface area contributed by atoms with Gasteiger partial charge in [0.2, 0.25) is 0 Å². The number of hydrogen-bond donors (Lipinski definition) is 2. The van der Waals surface area contributed by atoms with Gasteiger partial charge in [-0.2, -0.15) is 18.3 Å². The van der Waals surface area contributed by atoms with E-state index in [1.807, 2.05) is 47.6 Å². The molecule has 0 bridgehead atoms. The Bertz CT molecular complexity index is 1230. The Morgan fingerprint density at radius 1 is 1.00 bits per heavy atom. The molecule has 1 aromatic carbocycles. The van der Waals surface area contributed by atoms with Crippen molar-refractivity contribution < 1.29 is 13.2 Å². The maximum absolute atomic E-state index is 12.8. The highest BCUT2D eigenvalue weighted by Crippen LogP contribution is 2.30. The molecule has 1 aliphatic heterocycles. The number of halogens is 3. The van der Waals surface area contributed by atoms with Gasteiger partial charge in [0.15, 0.2) is 5.82 Å². The standard InChI is InChI=1S/C24H24F3N7/c1-16-14-33(9-10-34(16)21-8-7-19(12-28-21)24(25,26)27)15-18-11-30-32-22(18)23-29-13-20(31-23)17-5-3-2-4-6-17/h2-8,11-13,16H,9-10,14-15H2,1H3,(H,29,31)(H,30,32)/t16-/m1/s1. The Morgan fingerprint density at radius 3 is 2.53 bits per heavy atom. The predicted molar refractivity (Wildman–Crippen MR) is 123 cm³/mol. The van der Waals surface area contributed by atoms with E-state index in [0.717, 1.165) is 53.7 Å². The van der Waals surface area contributed by atoms with Crippen molar-refractivity contribution in [3.63, 3.8) is 0 Å². The molecular weight excluding hydrogens is 443 g/mol. The van der Waals surface area contributed by atoms with E-state index >= 15 is 0 Å². The van der Waals surface area contributed by atoms with Crippen molar-refractivity contribution in [3.8, 4) is 22.8 Å². The minimum Gasteiger partial charge on any atom is -0.351 e. The van der Waals surface area contributed by atoms with Crippen LogP contribution in [0.1, 0.15) is 18.1 Å². The predicted octanol–water partition coefficient (Wildman–Crippen LogP) is 4.59. The van der Waals surface area contributed by atoms with Gasteiger partial charge in [-0.15, -0.1) is 0 Å². The van der Waals surface area contributed by atoms with Gasteiger partial charge in [0.25, 0.3) is 0 Å². The summed E-state index contributed by atoms with van der Waals surface area (Å²) >= 11 is 0. The zero-order valence-corrected chi connectivity index (χ0v) is 18.5. The molecule has 0 radical (unpaired) electrons. The third kappa shape index (κ3) is 4.54. The molecule has 2 N–H and O–H groups in total. The number of pyridine rings is 1. The van der Waals surface area contributed by atoms with Crippen LogP contribution >= 0.6 is 0 Å². The normalized spacial score (nSPS) is 17.3. The molecule has 5 rings (SSSR count). The van der Waals surface area contributed by atoms with Crippen molar-refractivity contribution in [3.05, 3.63) is 72.2 Å². The first kappa shape index (κ1) is 22.1. The second-order valence-electron chi connectivity index (χ2n) is 8.46. The van der Waals surface area contributed by atoms with Gasteiger partial charge in [-0.05, 0) is 24.6 Å². The number of benzene rings is 1. The molecule has 4 heterocycles. The van der Waals surface area contributed by atoms with Crippen molar-refractivity contribution in [2.45, 2.75) is 25.7 Å². The number of alkyl halides is 3. The van der Waals surface area contributed by atoms with Crippen LogP contribution in [-0.2, 0) is 12.7 Å². The summed E-state index contributed by atoms with van der Waals surface area (Å²) in [6.07, 6.45) is 0.148. The van der Waals surface area contributed by atoms with Gasteiger partial charge in [0.05, 0.1) is 23.7 Å². The maximum Gasteiger partial charge on any atom is 0.417 e. The Morgan fingerprint density at radius 2 is 1.82 bits per heavy atom. The molecule has 7 nitrogen and oxygen atoms in total. The quantitative estimate of drug-likeness (QED) is 0.449. The van der Waals surface area contributed by atoms with Gasteiger partial charge in [-0.3, -0.25) is 10.00 Å². The topological polar surface area (TPSA) is 76.7 Å². The van der Waals surface area contributed by atoms with E-state index in [2.05, 4.69) is 37.0 Å².